The predicted octanol–water partition coefficient (Wildman–Crippen LogP) is 4.04. The molecule has 5 nitrogen and oxygen atoms in total. The fourth-order valence-corrected chi connectivity index (χ4v) is 3.07. The largest absolute Gasteiger partial charge is 0.459 e. The number of halogens is 1. The molecule has 3 atom stereocenters. The summed E-state index contributed by atoms with van der Waals surface area (Å²) in [5, 5.41) is 0. The molecule has 0 unspecified atom stereocenters. The SMILES string of the molecule is Cc1ccc(C(=O)OC[C@@H]2O[C@H](Cl)C[C@@H]2OC(=O)c2ccc(C)cc2)cc1. The molecule has 1 fully saturated rings. The maximum Gasteiger partial charge on any atom is 0.338 e. The Bertz CT molecular complexity index is 800. The normalized spacial score (nSPS) is 21.7. The standard InChI is InChI=1S/C21H21ClO5/c1-13-3-7-15(8-4-13)20(23)25-12-18-17(11-19(22)26-18)27-21(24)16-9-5-14(2)6-10-16/h3-10,17-19H,11-12H2,1-2H3/t17-,18-,19-/m0/s1. The van der Waals surface area contributed by atoms with E-state index >= 15 is 0 Å². The summed E-state index contributed by atoms with van der Waals surface area (Å²) in [5.74, 6) is -0.913. The predicted molar refractivity (Wildman–Crippen MR) is 101 cm³/mol. The summed E-state index contributed by atoms with van der Waals surface area (Å²) in [4.78, 5) is 24.5. The molecule has 0 saturated carbocycles. The Morgan fingerprint density at radius 1 is 0.963 bits per heavy atom. The van der Waals surface area contributed by atoms with Crippen LogP contribution in [0.4, 0.5) is 0 Å². The minimum absolute atomic E-state index is 0.0399. The molecular weight excluding hydrogens is 368 g/mol. The molecule has 6 heteroatoms. The van der Waals surface area contributed by atoms with E-state index in [1.807, 2.05) is 38.1 Å². The van der Waals surface area contributed by atoms with E-state index in [0.717, 1.165) is 11.1 Å². The minimum atomic E-state index is -0.601. The third kappa shape index (κ3) is 5.08. The van der Waals surface area contributed by atoms with Gasteiger partial charge in [0, 0.05) is 6.42 Å². The van der Waals surface area contributed by atoms with Crippen LogP contribution in [0.2, 0.25) is 0 Å². The van der Waals surface area contributed by atoms with Gasteiger partial charge in [-0.1, -0.05) is 47.0 Å². The molecule has 0 aliphatic carbocycles. The Labute approximate surface area is 163 Å². The number of carbonyl (C=O) groups is 2. The summed E-state index contributed by atoms with van der Waals surface area (Å²) < 4.78 is 16.4. The lowest BCUT2D eigenvalue weighted by Gasteiger charge is -2.19. The second kappa shape index (κ2) is 8.55. The lowest BCUT2D eigenvalue weighted by Crippen LogP contribution is -2.32. The van der Waals surface area contributed by atoms with Crippen LogP contribution >= 0.6 is 11.6 Å². The Balaban J connectivity index is 1.58. The maximum atomic E-state index is 12.3. The van der Waals surface area contributed by atoms with E-state index in [-0.39, 0.29) is 6.61 Å². The monoisotopic (exact) mass is 388 g/mol. The number of esters is 2. The number of carbonyl (C=O) groups excluding carboxylic acids is 2. The third-order valence-electron chi connectivity index (χ3n) is 4.37. The van der Waals surface area contributed by atoms with Gasteiger partial charge in [0.2, 0.25) is 0 Å². The zero-order chi connectivity index (χ0) is 19.4. The van der Waals surface area contributed by atoms with Crippen LogP contribution in [0.5, 0.6) is 0 Å². The van der Waals surface area contributed by atoms with Crippen molar-refractivity contribution in [3.63, 3.8) is 0 Å². The maximum absolute atomic E-state index is 12.3. The fraction of sp³-hybridized carbons (Fsp3) is 0.333. The zero-order valence-corrected chi connectivity index (χ0v) is 15.9. The number of hydrogen-bond acceptors (Lipinski definition) is 5. The van der Waals surface area contributed by atoms with Crippen molar-refractivity contribution < 1.29 is 23.8 Å². The summed E-state index contributed by atoms with van der Waals surface area (Å²) in [6.45, 7) is 3.84. The quantitative estimate of drug-likeness (QED) is 0.571. The van der Waals surface area contributed by atoms with E-state index in [4.69, 9.17) is 25.8 Å². The molecule has 0 bridgehead atoms. The second-order valence-electron chi connectivity index (χ2n) is 6.59. The first-order chi connectivity index (χ1) is 12.9. The van der Waals surface area contributed by atoms with Crippen LogP contribution in [0.1, 0.15) is 38.3 Å². The Morgan fingerprint density at radius 3 is 2.04 bits per heavy atom. The van der Waals surface area contributed by atoms with Gasteiger partial charge in [0.05, 0.1) is 11.1 Å². The smallest absolute Gasteiger partial charge is 0.338 e. The Morgan fingerprint density at radius 2 is 1.48 bits per heavy atom. The van der Waals surface area contributed by atoms with Crippen LogP contribution in [0.25, 0.3) is 0 Å². The Kier molecular flexibility index (Phi) is 6.14. The van der Waals surface area contributed by atoms with Gasteiger partial charge in [0.25, 0.3) is 0 Å². The van der Waals surface area contributed by atoms with Gasteiger partial charge in [-0.15, -0.1) is 0 Å². The minimum Gasteiger partial charge on any atom is -0.459 e. The molecule has 0 N–H and O–H groups in total. The van der Waals surface area contributed by atoms with Gasteiger partial charge in [-0.05, 0) is 38.1 Å². The van der Waals surface area contributed by atoms with Crippen LogP contribution in [0.15, 0.2) is 48.5 Å². The van der Waals surface area contributed by atoms with Gasteiger partial charge < -0.3 is 14.2 Å². The van der Waals surface area contributed by atoms with Crippen molar-refractivity contribution >= 4 is 23.5 Å². The van der Waals surface area contributed by atoms with Crippen LogP contribution in [-0.2, 0) is 14.2 Å². The molecule has 0 radical (unpaired) electrons. The first-order valence-corrected chi connectivity index (χ1v) is 9.17. The van der Waals surface area contributed by atoms with E-state index in [9.17, 15) is 9.59 Å². The number of ether oxygens (including phenoxy) is 3. The van der Waals surface area contributed by atoms with Gasteiger partial charge in [0.15, 0.2) is 0 Å². The molecule has 2 aromatic rings. The van der Waals surface area contributed by atoms with E-state index in [1.54, 1.807) is 24.3 Å². The lowest BCUT2D eigenvalue weighted by molar-refractivity contribution is -0.0322. The molecule has 27 heavy (non-hydrogen) atoms. The molecule has 1 aliphatic heterocycles. The van der Waals surface area contributed by atoms with Crippen molar-refractivity contribution in [2.45, 2.75) is 38.0 Å². The molecule has 0 spiro atoms. The van der Waals surface area contributed by atoms with E-state index in [0.29, 0.717) is 17.5 Å². The molecule has 1 saturated heterocycles. The summed E-state index contributed by atoms with van der Waals surface area (Å²) in [6.07, 6.45) is -0.838. The molecule has 3 rings (SSSR count). The van der Waals surface area contributed by atoms with Gasteiger partial charge in [-0.3, -0.25) is 0 Å². The van der Waals surface area contributed by atoms with Crippen LogP contribution in [-0.4, -0.2) is 36.3 Å². The summed E-state index contributed by atoms with van der Waals surface area (Å²) >= 11 is 6.05. The van der Waals surface area contributed by atoms with E-state index in [2.05, 4.69) is 0 Å². The number of aryl methyl sites for hydroxylation is 2. The van der Waals surface area contributed by atoms with Crippen molar-refractivity contribution in [3.05, 3.63) is 70.8 Å². The molecule has 1 aliphatic rings. The van der Waals surface area contributed by atoms with Gasteiger partial charge >= 0.3 is 11.9 Å². The van der Waals surface area contributed by atoms with E-state index in [1.165, 1.54) is 0 Å². The van der Waals surface area contributed by atoms with Gasteiger partial charge in [0.1, 0.15) is 24.4 Å². The van der Waals surface area contributed by atoms with E-state index < -0.39 is 29.7 Å². The molecule has 2 aromatic carbocycles. The highest BCUT2D eigenvalue weighted by Gasteiger charge is 2.38. The highest BCUT2D eigenvalue weighted by atomic mass is 35.5. The average molecular weight is 389 g/mol. The number of hydrogen-bond donors (Lipinski definition) is 0. The zero-order valence-electron chi connectivity index (χ0n) is 15.2. The fourth-order valence-electron chi connectivity index (χ4n) is 2.76. The average Bonchev–Trinajstić information content (AvgIpc) is 3.00. The first kappa shape index (κ1) is 19.4. The summed E-state index contributed by atoms with van der Waals surface area (Å²) in [5.41, 5.74) is 2.42. The van der Waals surface area contributed by atoms with Gasteiger partial charge in [-0.25, -0.2) is 9.59 Å². The van der Waals surface area contributed by atoms with Crippen LogP contribution < -0.4 is 0 Å². The number of benzene rings is 2. The number of alkyl halides is 1. The molecular formula is C21H21ClO5. The van der Waals surface area contributed by atoms with Crippen molar-refractivity contribution in [2.75, 3.05) is 6.61 Å². The second-order valence-corrected chi connectivity index (χ2v) is 7.08. The van der Waals surface area contributed by atoms with Crippen molar-refractivity contribution in [1.29, 1.82) is 0 Å². The topological polar surface area (TPSA) is 61.8 Å². The lowest BCUT2D eigenvalue weighted by atomic mass is 10.1. The first-order valence-electron chi connectivity index (χ1n) is 8.73. The van der Waals surface area contributed by atoms with Crippen molar-refractivity contribution in [2.24, 2.45) is 0 Å². The Hall–Kier alpha value is -2.37. The molecule has 0 aromatic heterocycles. The van der Waals surface area contributed by atoms with Crippen molar-refractivity contribution in [1.82, 2.24) is 0 Å². The third-order valence-corrected chi connectivity index (χ3v) is 4.65. The molecule has 142 valence electrons. The van der Waals surface area contributed by atoms with Crippen LogP contribution in [0.3, 0.4) is 0 Å². The van der Waals surface area contributed by atoms with Crippen molar-refractivity contribution in [3.8, 4) is 0 Å². The highest BCUT2D eigenvalue weighted by molar-refractivity contribution is 6.19. The van der Waals surface area contributed by atoms with Crippen LogP contribution in [0, 0.1) is 13.8 Å². The molecule has 1 heterocycles. The summed E-state index contributed by atoms with van der Waals surface area (Å²) in [6, 6.07) is 14.2. The summed E-state index contributed by atoms with van der Waals surface area (Å²) in [7, 11) is 0. The highest BCUT2D eigenvalue weighted by Crippen LogP contribution is 2.27. The molecule has 0 amide bonds. The van der Waals surface area contributed by atoms with Gasteiger partial charge in [-0.2, -0.15) is 0 Å². The number of rotatable bonds is 5.